The second-order valence-electron chi connectivity index (χ2n) is 8.00. The fraction of sp³-hybridized carbons (Fsp3) is 0.208. The summed E-state index contributed by atoms with van der Waals surface area (Å²) in [6.45, 7) is -0.363. The topological polar surface area (TPSA) is 120 Å². The van der Waals surface area contributed by atoms with Crippen LogP contribution in [0.2, 0.25) is 0 Å². The molecule has 0 saturated carbocycles. The van der Waals surface area contributed by atoms with E-state index in [-0.39, 0.29) is 17.6 Å². The monoisotopic (exact) mass is 459 g/mol. The molecular formula is C24H21N5O3S. The molecule has 5 rings (SSSR count). The first kappa shape index (κ1) is 21.0. The van der Waals surface area contributed by atoms with Crippen molar-refractivity contribution >= 4 is 39.1 Å². The molecule has 0 bridgehead atoms. The molecule has 0 atom stereocenters. The Bertz CT molecular complexity index is 1460. The van der Waals surface area contributed by atoms with E-state index in [1.54, 1.807) is 24.3 Å². The fourth-order valence-corrected chi connectivity index (χ4v) is 4.91. The fourth-order valence-electron chi connectivity index (χ4n) is 4.18. The number of benzene rings is 2. The van der Waals surface area contributed by atoms with Crippen LogP contribution in [0.4, 0.5) is 5.13 Å². The number of thiazole rings is 1. The first-order valence-corrected chi connectivity index (χ1v) is 11.5. The van der Waals surface area contributed by atoms with Crippen molar-refractivity contribution in [2.75, 3.05) is 5.32 Å². The van der Waals surface area contributed by atoms with Crippen molar-refractivity contribution in [1.29, 1.82) is 0 Å². The van der Waals surface area contributed by atoms with Crippen LogP contribution in [-0.4, -0.2) is 26.6 Å². The van der Waals surface area contributed by atoms with Crippen LogP contribution in [0.1, 0.15) is 34.5 Å². The molecule has 0 aliphatic heterocycles. The van der Waals surface area contributed by atoms with Crippen molar-refractivity contribution in [1.82, 2.24) is 14.8 Å². The normalized spacial score (nSPS) is 13.0. The summed E-state index contributed by atoms with van der Waals surface area (Å²) in [5, 5.41) is 9.71. The van der Waals surface area contributed by atoms with Gasteiger partial charge in [-0.1, -0.05) is 30.3 Å². The lowest BCUT2D eigenvalue weighted by Crippen LogP contribution is -2.32. The molecule has 0 unspecified atom stereocenters. The maximum absolute atomic E-state index is 12.8. The summed E-state index contributed by atoms with van der Waals surface area (Å²) >= 11 is 1.31. The molecule has 0 spiro atoms. The zero-order valence-corrected chi connectivity index (χ0v) is 18.5. The zero-order valence-electron chi connectivity index (χ0n) is 17.7. The molecule has 3 N–H and O–H groups in total. The van der Waals surface area contributed by atoms with E-state index >= 15 is 0 Å². The third-order valence-corrected chi connectivity index (χ3v) is 6.55. The Labute approximate surface area is 193 Å². The van der Waals surface area contributed by atoms with Crippen LogP contribution < -0.4 is 16.6 Å². The smallest absolute Gasteiger partial charge is 0.275 e. The highest BCUT2D eigenvalue weighted by Crippen LogP contribution is 2.29. The van der Waals surface area contributed by atoms with E-state index in [1.165, 1.54) is 35.3 Å². The first-order chi connectivity index (χ1) is 16.0. The zero-order chi connectivity index (χ0) is 22.9. The minimum Gasteiger partial charge on any atom is -0.364 e. The number of primary amides is 1. The summed E-state index contributed by atoms with van der Waals surface area (Å²) in [6.07, 6.45) is 4.63. The largest absolute Gasteiger partial charge is 0.364 e. The van der Waals surface area contributed by atoms with Gasteiger partial charge in [0.2, 0.25) is 5.91 Å². The van der Waals surface area contributed by atoms with Gasteiger partial charge in [0.05, 0.1) is 11.1 Å². The molecule has 0 radical (unpaired) electrons. The highest BCUT2D eigenvalue weighted by molar-refractivity contribution is 7.14. The van der Waals surface area contributed by atoms with Crippen LogP contribution in [-0.2, 0) is 24.2 Å². The summed E-state index contributed by atoms with van der Waals surface area (Å²) in [6, 6.07) is 13.0. The molecule has 2 aromatic heterocycles. The van der Waals surface area contributed by atoms with Crippen LogP contribution in [0, 0.1) is 0 Å². The number of rotatable bonds is 5. The van der Waals surface area contributed by atoms with E-state index in [2.05, 4.69) is 33.6 Å². The molecule has 2 heterocycles. The summed E-state index contributed by atoms with van der Waals surface area (Å²) < 4.78 is 0.954. The molecule has 166 valence electrons. The SMILES string of the molecule is NC(=O)c1nn(CC(=O)Nc2nc(-c3ccc4c(c3)CCCC4)cs2)c(=O)c2ccccc12. The average molecular weight is 460 g/mol. The van der Waals surface area contributed by atoms with Gasteiger partial charge in [0, 0.05) is 16.3 Å². The van der Waals surface area contributed by atoms with Crippen molar-refractivity contribution in [2.45, 2.75) is 32.2 Å². The van der Waals surface area contributed by atoms with Gasteiger partial charge in [-0.15, -0.1) is 11.3 Å². The lowest BCUT2D eigenvalue weighted by atomic mass is 9.90. The van der Waals surface area contributed by atoms with Crippen molar-refractivity contribution in [3.8, 4) is 11.3 Å². The Kier molecular flexibility index (Phi) is 5.47. The van der Waals surface area contributed by atoms with Gasteiger partial charge in [-0.05, 0) is 48.9 Å². The second kappa shape index (κ2) is 8.59. The van der Waals surface area contributed by atoms with E-state index in [0.29, 0.717) is 10.5 Å². The lowest BCUT2D eigenvalue weighted by Gasteiger charge is -2.16. The van der Waals surface area contributed by atoms with Gasteiger partial charge in [-0.2, -0.15) is 5.10 Å². The van der Waals surface area contributed by atoms with E-state index < -0.39 is 17.4 Å². The number of anilines is 1. The quantitative estimate of drug-likeness (QED) is 0.475. The van der Waals surface area contributed by atoms with Crippen LogP contribution in [0.25, 0.3) is 22.0 Å². The molecule has 33 heavy (non-hydrogen) atoms. The molecule has 4 aromatic rings. The predicted octanol–water partition coefficient (Wildman–Crippen LogP) is 3.14. The van der Waals surface area contributed by atoms with E-state index in [9.17, 15) is 14.4 Å². The van der Waals surface area contributed by atoms with Gasteiger partial charge >= 0.3 is 0 Å². The van der Waals surface area contributed by atoms with E-state index in [0.717, 1.165) is 28.8 Å². The summed E-state index contributed by atoms with van der Waals surface area (Å²) in [7, 11) is 0. The molecule has 0 fully saturated rings. The van der Waals surface area contributed by atoms with Crippen LogP contribution >= 0.6 is 11.3 Å². The number of nitrogens with one attached hydrogen (secondary N) is 1. The Balaban J connectivity index is 1.36. The molecule has 0 saturated heterocycles. The summed E-state index contributed by atoms with van der Waals surface area (Å²) in [5.41, 5.74) is 9.48. The third kappa shape index (κ3) is 4.14. The minimum absolute atomic E-state index is 0.0538. The molecule has 1 aliphatic carbocycles. The van der Waals surface area contributed by atoms with Crippen LogP contribution in [0.5, 0.6) is 0 Å². The molecule has 9 heteroatoms. The lowest BCUT2D eigenvalue weighted by molar-refractivity contribution is -0.117. The van der Waals surface area contributed by atoms with Gasteiger partial charge < -0.3 is 11.1 Å². The molecule has 2 aromatic carbocycles. The standard InChI is InChI=1S/C24H21N5O3S/c25-22(31)21-17-7-3-4-8-18(17)23(32)29(28-21)12-20(30)27-24-26-19(13-33-24)16-10-9-14-5-1-2-6-15(14)11-16/h3-4,7-11,13H,1-2,5-6,12H2,(H2,25,31)(H,26,27,30). The van der Waals surface area contributed by atoms with Crippen molar-refractivity contribution in [2.24, 2.45) is 5.73 Å². The van der Waals surface area contributed by atoms with Gasteiger partial charge in [-0.3, -0.25) is 14.4 Å². The van der Waals surface area contributed by atoms with Crippen molar-refractivity contribution < 1.29 is 9.59 Å². The Morgan fingerprint density at radius 2 is 1.82 bits per heavy atom. The number of nitrogens with two attached hydrogens (primary N) is 1. The van der Waals surface area contributed by atoms with Crippen molar-refractivity contribution in [3.05, 3.63) is 75.0 Å². The third-order valence-electron chi connectivity index (χ3n) is 5.79. The highest BCUT2D eigenvalue weighted by Gasteiger charge is 2.17. The summed E-state index contributed by atoms with van der Waals surface area (Å²) in [4.78, 5) is 41.7. The number of hydrogen-bond acceptors (Lipinski definition) is 6. The Hall–Kier alpha value is -3.85. The molecule has 1 aliphatic rings. The van der Waals surface area contributed by atoms with Gasteiger partial charge in [-0.25, -0.2) is 9.67 Å². The molecule has 2 amide bonds. The number of fused-ring (bicyclic) bond motifs is 2. The molecule has 8 nitrogen and oxygen atoms in total. The molecular weight excluding hydrogens is 438 g/mol. The first-order valence-electron chi connectivity index (χ1n) is 10.7. The van der Waals surface area contributed by atoms with E-state index in [4.69, 9.17) is 5.73 Å². The predicted molar refractivity (Wildman–Crippen MR) is 127 cm³/mol. The van der Waals surface area contributed by atoms with Crippen molar-refractivity contribution in [3.63, 3.8) is 0 Å². The Morgan fingerprint density at radius 1 is 1.06 bits per heavy atom. The second-order valence-corrected chi connectivity index (χ2v) is 8.86. The van der Waals surface area contributed by atoms with Crippen LogP contribution in [0.3, 0.4) is 0 Å². The van der Waals surface area contributed by atoms with Crippen LogP contribution in [0.15, 0.2) is 52.6 Å². The maximum Gasteiger partial charge on any atom is 0.275 e. The minimum atomic E-state index is -0.769. The number of hydrogen-bond donors (Lipinski definition) is 2. The van der Waals surface area contributed by atoms with E-state index in [1.807, 2.05) is 5.38 Å². The summed E-state index contributed by atoms with van der Waals surface area (Å²) in [5.74, 6) is -1.24. The number of carbonyl (C=O) groups is 2. The highest BCUT2D eigenvalue weighted by atomic mass is 32.1. The number of aryl methyl sites for hydroxylation is 2. The number of nitrogens with zero attached hydrogens (tertiary/aromatic N) is 3. The van der Waals surface area contributed by atoms with Gasteiger partial charge in [0.15, 0.2) is 10.8 Å². The number of amides is 2. The number of aromatic nitrogens is 3. The van der Waals surface area contributed by atoms with Gasteiger partial charge in [0.1, 0.15) is 6.54 Å². The maximum atomic E-state index is 12.8. The Morgan fingerprint density at radius 3 is 2.61 bits per heavy atom. The van der Waals surface area contributed by atoms with Gasteiger partial charge in [0.25, 0.3) is 11.5 Å². The number of carbonyl (C=O) groups excluding carboxylic acids is 2. The average Bonchev–Trinajstić information content (AvgIpc) is 3.28.